The van der Waals surface area contributed by atoms with Crippen molar-refractivity contribution in [2.45, 2.75) is 37.6 Å². The first kappa shape index (κ1) is 12.1. The van der Waals surface area contributed by atoms with Gasteiger partial charge in [-0.15, -0.1) is 0 Å². The molecule has 2 aliphatic heterocycles. The maximum absolute atomic E-state index is 6.00. The maximum Gasteiger partial charge on any atom is 0.0892 e. The van der Waals surface area contributed by atoms with Crippen LogP contribution in [-0.4, -0.2) is 36.4 Å². The van der Waals surface area contributed by atoms with Crippen molar-refractivity contribution in [1.82, 2.24) is 10.3 Å². The molecule has 1 aromatic rings. The van der Waals surface area contributed by atoms with Crippen LogP contribution in [-0.2, 0) is 16.1 Å². The summed E-state index contributed by atoms with van der Waals surface area (Å²) < 4.78 is 11.9. The zero-order valence-electron chi connectivity index (χ0n) is 10.6. The van der Waals surface area contributed by atoms with E-state index in [1.54, 1.807) is 6.20 Å². The maximum atomic E-state index is 6.00. The monoisotopic (exact) mass is 248 g/mol. The summed E-state index contributed by atoms with van der Waals surface area (Å²) >= 11 is 0. The van der Waals surface area contributed by atoms with E-state index < -0.39 is 0 Å². The van der Waals surface area contributed by atoms with Gasteiger partial charge in [0.2, 0.25) is 0 Å². The first-order valence-electron chi connectivity index (χ1n) is 6.73. The zero-order valence-corrected chi connectivity index (χ0v) is 10.6. The van der Waals surface area contributed by atoms with Gasteiger partial charge in [0, 0.05) is 12.6 Å². The van der Waals surface area contributed by atoms with Gasteiger partial charge >= 0.3 is 0 Å². The third-order valence-corrected chi connectivity index (χ3v) is 3.88. The number of nitrogens with zero attached hydrogens (tertiary/aromatic N) is 1. The molecule has 2 aliphatic rings. The number of hydrogen-bond donors (Lipinski definition) is 1. The van der Waals surface area contributed by atoms with Crippen LogP contribution < -0.4 is 5.32 Å². The summed E-state index contributed by atoms with van der Waals surface area (Å²) in [5.41, 5.74) is 1.07. The van der Waals surface area contributed by atoms with Crippen LogP contribution in [0, 0.1) is 0 Å². The number of piperidine rings is 1. The molecule has 0 bridgehead atoms. The van der Waals surface area contributed by atoms with Gasteiger partial charge in [0.15, 0.2) is 0 Å². The first-order valence-corrected chi connectivity index (χ1v) is 6.73. The molecule has 0 aromatic carbocycles. The average Bonchev–Trinajstić information content (AvgIpc) is 2.82. The van der Waals surface area contributed by atoms with E-state index in [0.29, 0.717) is 6.61 Å². The lowest BCUT2D eigenvalue weighted by Crippen LogP contribution is -2.41. The molecule has 1 atom stereocenters. The van der Waals surface area contributed by atoms with Gasteiger partial charge in [0.1, 0.15) is 0 Å². The molecule has 0 radical (unpaired) electrons. The minimum absolute atomic E-state index is 0.0834. The van der Waals surface area contributed by atoms with Gasteiger partial charge in [-0.25, -0.2) is 0 Å². The van der Waals surface area contributed by atoms with Crippen molar-refractivity contribution in [2.24, 2.45) is 0 Å². The molecule has 1 spiro atoms. The van der Waals surface area contributed by atoms with Gasteiger partial charge in [0.25, 0.3) is 0 Å². The van der Waals surface area contributed by atoms with Gasteiger partial charge in [-0.1, -0.05) is 6.07 Å². The Hall–Kier alpha value is -0.970. The molecular formula is C14H20N2O2. The molecule has 4 nitrogen and oxygen atoms in total. The fourth-order valence-electron chi connectivity index (χ4n) is 2.83. The van der Waals surface area contributed by atoms with E-state index in [-0.39, 0.29) is 11.7 Å². The van der Waals surface area contributed by atoms with Gasteiger partial charge in [-0.05, 0) is 38.1 Å². The Labute approximate surface area is 108 Å². The van der Waals surface area contributed by atoms with Crippen LogP contribution in [0.15, 0.2) is 24.4 Å². The fraction of sp³-hybridized carbons (Fsp3) is 0.643. The summed E-state index contributed by atoms with van der Waals surface area (Å²) in [5, 5.41) is 3.38. The van der Waals surface area contributed by atoms with Crippen molar-refractivity contribution in [2.75, 3.05) is 19.7 Å². The first-order chi connectivity index (χ1) is 8.86. The van der Waals surface area contributed by atoms with E-state index in [0.717, 1.165) is 44.7 Å². The Morgan fingerprint density at radius 2 is 2.28 bits per heavy atom. The predicted molar refractivity (Wildman–Crippen MR) is 68.2 cm³/mol. The summed E-state index contributed by atoms with van der Waals surface area (Å²) in [6.45, 7) is 3.44. The van der Waals surface area contributed by atoms with Crippen LogP contribution >= 0.6 is 0 Å². The van der Waals surface area contributed by atoms with Crippen LogP contribution in [0.4, 0.5) is 0 Å². The van der Waals surface area contributed by atoms with Crippen molar-refractivity contribution in [3.63, 3.8) is 0 Å². The van der Waals surface area contributed by atoms with Crippen molar-refractivity contribution in [1.29, 1.82) is 0 Å². The van der Waals surface area contributed by atoms with E-state index in [2.05, 4.69) is 10.3 Å². The SMILES string of the molecule is c1ccc(CO[C@@H]2COC3(CCNCC3)C2)nc1. The summed E-state index contributed by atoms with van der Waals surface area (Å²) in [6.07, 6.45) is 5.28. The van der Waals surface area contributed by atoms with Crippen LogP contribution in [0.2, 0.25) is 0 Å². The zero-order chi connectivity index (χ0) is 12.3. The summed E-state index contributed by atoms with van der Waals surface area (Å²) in [5.74, 6) is 0. The van der Waals surface area contributed by atoms with E-state index in [9.17, 15) is 0 Å². The van der Waals surface area contributed by atoms with E-state index in [1.165, 1.54) is 0 Å². The highest BCUT2D eigenvalue weighted by molar-refractivity contribution is 5.02. The molecule has 98 valence electrons. The van der Waals surface area contributed by atoms with E-state index in [4.69, 9.17) is 9.47 Å². The lowest BCUT2D eigenvalue weighted by Gasteiger charge is -2.32. The summed E-state index contributed by atoms with van der Waals surface area (Å²) in [7, 11) is 0. The van der Waals surface area contributed by atoms with Crippen LogP contribution in [0.25, 0.3) is 0 Å². The quantitative estimate of drug-likeness (QED) is 0.880. The van der Waals surface area contributed by atoms with Gasteiger partial charge in [-0.2, -0.15) is 0 Å². The Balaban J connectivity index is 1.50. The molecule has 18 heavy (non-hydrogen) atoms. The van der Waals surface area contributed by atoms with Crippen molar-refractivity contribution < 1.29 is 9.47 Å². The minimum atomic E-state index is 0.0834. The number of hydrogen-bond acceptors (Lipinski definition) is 4. The fourth-order valence-corrected chi connectivity index (χ4v) is 2.83. The molecule has 2 fully saturated rings. The second-order valence-electron chi connectivity index (χ2n) is 5.20. The number of rotatable bonds is 3. The highest BCUT2D eigenvalue weighted by Gasteiger charge is 2.41. The molecule has 1 aromatic heterocycles. The lowest BCUT2D eigenvalue weighted by atomic mass is 9.89. The van der Waals surface area contributed by atoms with Crippen LogP contribution in [0.3, 0.4) is 0 Å². The number of nitrogens with one attached hydrogen (secondary N) is 1. The number of aromatic nitrogens is 1. The van der Waals surface area contributed by atoms with E-state index in [1.807, 2.05) is 18.2 Å². The van der Waals surface area contributed by atoms with Gasteiger partial charge < -0.3 is 14.8 Å². The number of ether oxygens (including phenoxy) is 2. The highest BCUT2D eigenvalue weighted by Crippen LogP contribution is 2.35. The number of pyridine rings is 1. The predicted octanol–water partition coefficient (Wildman–Crippen LogP) is 1.51. The smallest absolute Gasteiger partial charge is 0.0892 e. The third-order valence-electron chi connectivity index (χ3n) is 3.88. The molecule has 0 amide bonds. The standard InChI is InChI=1S/C14H20N2O2/c1-2-6-16-12(3-1)10-17-13-9-14(18-11-13)4-7-15-8-5-14/h1-3,6,13,15H,4-5,7-11H2/t13-/m0/s1. The third kappa shape index (κ3) is 2.71. The molecule has 3 heterocycles. The van der Waals surface area contributed by atoms with Crippen molar-refractivity contribution >= 4 is 0 Å². The van der Waals surface area contributed by atoms with Crippen LogP contribution in [0.1, 0.15) is 25.0 Å². The summed E-state index contributed by atoms with van der Waals surface area (Å²) in [6, 6.07) is 5.91. The molecule has 4 heteroatoms. The molecule has 2 saturated heterocycles. The highest BCUT2D eigenvalue weighted by atomic mass is 16.6. The minimum Gasteiger partial charge on any atom is -0.372 e. The second-order valence-corrected chi connectivity index (χ2v) is 5.20. The molecule has 1 N–H and O–H groups in total. The molecular weight excluding hydrogens is 228 g/mol. The molecule has 3 rings (SSSR count). The average molecular weight is 248 g/mol. The Morgan fingerprint density at radius 3 is 3.06 bits per heavy atom. The summed E-state index contributed by atoms with van der Waals surface area (Å²) in [4.78, 5) is 4.27. The molecule has 0 saturated carbocycles. The Bertz CT molecular complexity index is 377. The lowest BCUT2D eigenvalue weighted by molar-refractivity contribution is -0.0242. The van der Waals surface area contributed by atoms with Crippen molar-refractivity contribution in [3.05, 3.63) is 30.1 Å². The topological polar surface area (TPSA) is 43.4 Å². The second kappa shape index (κ2) is 5.34. The molecule has 0 aliphatic carbocycles. The Kier molecular flexibility index (Phi) is 3.59. The molecule has 0 unspecified atom stereocenters. The van der Waals surface area contributed by atoms with E-state index >= 15 is 0 Å². The van der Waals surface area contributed by atoms with Gasteiger partial charge in [0.05, 0.1) is 30.6 Å². The largest absolute Gasteiger partial charge is 0.372 e. The van der Waals surface area contributed by atoms with Crippen molar-refractivity contribution in [3.8, 4) is 0 Å². The Morgan fingerprint density at radius 1 is 1.39 bits per heavy atom. The normalized spacial score (nSPS) is 26.6. The van der Waals surface area contributed by atoms with Crippen LogP contribution in [0.5, 0.6) is 0 Å². The van der Waals surface area contributed by atoms with Gasteiger partial charge in [-0.3, -0.25) is 4.98 Å².